The van der Waals surface area contributed by atoms with Gasteiger partial charge in [-0.15, -0.1) is 5.10 Å². The minimum absolute atomic E-state index is 0.0241. The standard InChI is InChI=1S/C19H18N4O4/c24-19(17-6-7-18(27-17)26-14-4-2-1-3-5-14)22-9-8-16-15(11-22)23-13(12-25-16)10-20-21-23/h1-7,10,15-16H,8-9,11-12H2/t15-,16-/m1/s1. The third-order valence-electron chi connectivity index (χ3n) is 4.97. The van der Waals surface area contributed by atoms with Gasteiger partial charge in [-0.2, -0.15) is 0 Å². The van der Waals surface area contributed by atoms with Gasteiger partial charge in [0, 0.05) is 19.2 Å². The third-order valence-corrected chi connectivity index (χ3v) is 4.97. The summed E-state index contributed by atoms with van der Waals surface area (Å²) in [5.74, 6) is 1.04. The zero-order chi connectivity index (χ0) is 18.2. The van der Waals surface area contributed by atoms with E-state index in [1.165, 1.54) is 0 Å². The maximum Gasteiger partial charge on any atom is 0.290 e. The number of piperidine rings is 1. The zero-order valence-corrected chi connectivity index (χ0v) is 14.5. The van der Waals surface area contributed by atoms with Crippen LogP contribution in [-0.2, 0) is 11.3 Å². The number of likely N-dealkylation sites (tertiary alicyclic amines) is 1. The van der Waals surface area contributed by atoms with Crippen molar-refractivity contribution < 1.29 is 18.7 Å². The van der Waals surface area contributed by atoms with Gasteiger partial charge < -0.3 is 18.8 Å². The molecule has 0 bridgehead atoms. The van der Waals surface area contributed by atoms with Crippen molar-refractivity contribution in [2.75, 3.05) is 13.1 Å². The predicted molar refractivity (Wildman–Crippen MR) is 93.4 cm³/mol. The highest BCUT2D eigenvalue weighted by Crippen LogP contribution is 2.31. The lowest BCUT2D eigenvalue weighted by molar-refractivity contribution is -0.0608. The number of aromatic nitrogens is 3. The number of carbonyl (C=O) groups excluding carboxylic acids is 1. The maximum atomic E-state index is 12.9. The Morgan fingerprint density at radius 3 is 2.96 bits per heavy atom. The van der Waals surface area contributed by atoms with Crippen molar-refractivity contribution in [3.8, 4) is 11.7 Å². The summed E-state index contributed by atoms with van der Waals surface area (Å²) in [7, 11) is 0. The molecule has 2 aromatic heterocycles. The molecule has 138 valence electrons. The van der Waals surface area contributed by atoms with Gasteiger partial charge in [0.2, 0.25) is 0 Å². The minimum atomic E-state index is -0.163. The van der Waals surface area contributed by atoms with E-state index in [9.17, 15) is 4.79 Å². The van der Waals surface area contributed by atoms with E-state index in [4.69, 9.17) is 13.9 Å². The predicted octanol–water partition coefficient (Wildman–Crippen LogP) is 2.65. The second kappa shape index (κ2) is 6.55. The van der Waals surface area contributed by atoms with Gasteiger partial charge in [0.05, 0.1) is 30.6 Å². The molecule has 4 heterocycles. The highest BCUT2D eigenvalue weighted by Gasteiger charge is 2.38. The summed E-state index contributed by atoms with van der Waals surface area (Å²) >= 11 is 0. The van der Waals surface area contributed by atoms with Gasteiger partial charge in [-0.25, -0.2) is 4.68 Å². The molecular weight excluding hydrogens is 348 g/mol. The Morgan fingerprint density at radius 1 is 1.19 bits per heavy atom. The quantitative estimate of drug-likeness (QED) is 0.709. The van der Waals surface area contributed by atoms with E-state index in [2.05, 4.69) is 10.3 Å². The van der Waals surface area contributed by atoms with Crippen molar-refractivity contribution in [1.82, 2.24) is 19.9 Å². The van der Waals surface area contributed by atoms with Gasteiger partial charge >= 0.3 is 0 Å². The number of benzene rings is 1. The Kier molecular flexibility index (Phi) is 3.90. The van der Waals surface area contributed by atoms with E-state index in [1.54, 1.807) is 23.2 Å². The number of furan rings is 1. The number of fused-ring (bicyclic) bond motifs is 3. The molecule has 1 amide bonds. The molecule has 1 saturated heterocycles. The SMILES string of the molecule is O=C(c1ccc(Oc2ccccc2)o1)N1CC[C@H]2OCc3cnnn3[C@@H]2C1. The highest BCUT2D eigenvalue weighted by molar-refractivity contribution is 5.91. The largest absolute Gasteiger partial charge is 0.426 e. The van der Waals surface area contributed by atoms with E-state index in [-0.39, 0.29) is 23.8 Å². The van der Waals surface area contributed by atoms with E-state index >= 15 is 0 Å². The van der Waals surface area contributed by atoms with Crippen LogP contribution in [0.3, 0.4) is 0 Å². The lowest BCUT2D eigenvalue weighted by atomic mass is 10.00. The summed E-state index contributed by atoms with van der Waals surface area (Å²) in [5, 5.41) is 8.12. The van der Waals surface area contributed by atoms with Gasteiger partial charge in [-0.1, -0.05) is 23.4 Å². The van der Waals surface area contributed by atoms with Crippen LogP contribution >= 0.6 is 0 Å². The van der Waals surface area contributed by atoms with Crippen LogP contribution in [0.4, 0.5) is 0 Å². The molecular formula is C19H18N4O4. The molecule has 0 radical (unpaired) electrons. The Labute approximate surface area is 155 Å². The van der Waals surface area contributed by atoms with E-state index in [0.717, 1.165) is 12.1 Å². The number of nitrogens with zero attached hydrogens (tertiary/aromatic N) is 4. The number of hydrogen-bond acceptors (Lipinski definition) is 6. The van der Waals surface area contributed by atoms with Gasteiger partial charge in [0.15, 0.2) is 5.76 Å². The minimum Gasteiger partial charge on any atom is -0.426 e. The number of amides is 1. The summed E-state index contributed by atoms with van der Waals surface area (Å²) in [6.45, 7) is 1.63. The lowest BCUT2D eigenvalue weighted by Crippen LogP contribution is -2.49. The molecule has 2 aliphatic heterocycles. The average molecular weight is 366 g/mol. The van der Waals surface area contributed by atoms with Crippen LogP contribution in [-0.4, -0.2) is 45.0 Å². The molecule has 8 heteroatoms. The number of carbonyl (C=O) groups is 1. The molecule has 5 rings (SSSR count). The molecule has 1 fully saturated rings. The number of hydrogen-bond donors (Lipinski definition) is 0. The molecule has 0 saturated carbocycles. The lowest BCUT2D eigenvalue weighted by Gasteiger charge is -2.40. The van der Waals surface area contributed by atoms with Crippen LogP contribution < -0.4 is 4.74 Å². The van der Waals surface area contributed by atoms with E-state index in [0.29, 0.717) is 31.4 Å². The molecule has 0 spiro atoms. The molecule has 2 atom stereocenters. The fourth-order valence-electron chi connectivity index (χ4n) is 3.61. The van der Waals surface area contributed by atoms with Crippen LogP contribution in [0.5, 0.6) is 11.7 Å². The number of rotatable bonds is 3. The van der Waals surface area contributed by atoms with Gasteiger partial charge in [0.1, 0.15) is 5.75 Å². The Balaban J connectivity index is 1.31. The van der Waals surface area contributed by atoms with Crippen LogP contribution in [0.2, 0.25) is 0 Å². The molecule has 0 unspecified atom stereocenters. The Morgan fingerprint density at radius 2 is 2.07 bits per heavy atom. The topological polar surface area (TPSA) is 82.6 Å². The number of ether oxygens (including phenoxy) is 2. The van der Waals surface area contributed by atoms with Crippen LogP contribution in [0, 0.1) is 0 Å². The average Bonchev–Trinajstić information content (AvgIpc) is 3.37. The van der Waals surface area contributed by atoms with Crippen molar-refractivity contribution >= 4 is 5.91 Å². The maximum absolute atomic E-state index is 12.9. The smallest absolute Gasteiger partial charge is 0.290 e. The van der Waals surface area contributed by atoms with Crippen LogP contribution in [0.25, 0.3) is 0 Å². The summed E-state index contributed by atoms with van der Waals surface area (Å²) in [4.78, 5) is 14.7. The van der Waals surface area contributed by atoms with Crippen LogP contribution in [0.15, 0.2) is 53.1 Å². The molecule has 27 heavy (non-hydrogen) atoms. The Hall–Kier alpha value is -3.13. The highest BCUT2D eigenvalue weighted by atomic mass is 16.6. The monoisotopic (exact) mass is 366 g/mol. The summed E-state index contributed by atoms with van der Waals surface area (Å²) in [6.07, 6.45) is 2.51. The normalized spacial score (nSPS) is 21.4. The summed E-state index contributed by atoms with van der Waals surface area (Å²) in [5.41, 5.74) is 0.932. The van der Waals surface area contributed by atoms with Gasteiger partial charge in [-0.05, 0) is 24.6 Å². The zero-order valence-electron chi connectivity index (χ0n) is 14.5. The molecule has 8 nitrogen and oxygen atoms in total. The Bertz CT molecular complexity index is 952. The van der Waals surface area contributed by atoms with Crippen molar-refractivity contribution in [3.63, 3.8) is 0 Å². The van der Waals surface area contributed by atoms with Gasteiger partial charge in [0.25, 0.3) is 11.9 Å². The molecule has 2 aliphatic rings. The van der Waals surface area contributed by atoms with Crippen molar-refractivity contribution in [2.24, 2.45) is 0 Å². The number of para-hydroxylation sites is 1. The van der Waals surface area contributed by atoms with Crippen molar-refractivity contribution in [2.45, 2.75) is 25.2 Å². The van der Waals surface area contributed by atoms with Gasteiger partial charge in [-0.3, -0.25) is 4.79 Å². The van der Waals surface area contributed by atoms with E-state index in [1.807, 2.05) is 35.0 Å². The first kappa shape index (κ1) is 16.1. The van der Waals surface area contributed by atoms with Crippen molar-refractivity contribution in [1.29, 1.82) is 0 Å². The van der Waals surface area contributed by atoms with E-state index < -0.39 is 0 Å². The molecule has 3 aromatic rings. The molecule has 1 aromatic carbocycles. The fourth-order valence-corrected chi connectivity index (χ4v) is 3.61. The summed E-state index contributed by atoms with van der Waals surface area (Å²) < 4.78 is 19.0. The summed E-state index contributed by atoms with van der Waals surface area (Å²) in [6, 6.07) is 12.6. The van der Waals surface area contributed by atoms with Crippen molar-refractivity contribution in [3.05, 3.63) is 60.1 Å². The second-order valence-corrected chi connectivity index (χ2v) is 6.66. The third kappa shape index (κ3) is 2.97. The first-order chi connectivity index (χ1) is 13.3. The molecule has 0 N–H and O–H groups in total. The first-order valence-corrected chi connectivity index (χ1v) is 8.90. The first-order valence-electron chi connectivity index (χ1n) is 8.90. The molecule has 0 aliphatic carbocycles. The second-order valence-electron chi connectivity index (χ2n) is 6.66. The van der Waals surface area contributed by atoms with Crippen LogP contribution in [0.1, 0.15) is 28.7 Å². The fraction of sp³-hybridized carbons (Fsp3) is 0.316.